The van der Waals surface area contributed by atoms with E-state index in [9.17, 15) is 0 Å². The summed E-state index contributed by atoms with van der Waals surface area (Å²) >= 11 is 0. The summed E-state index contributed by atoms with van der Waals surface area (Å²) in [6, 6.07) is 2.47. The molecule has 5 nitrogen and oxygen atoms in total. The molecule has 88 valence electrons. The van der Waals surface area contributed by atoms with Crippen LogP contribution < -0.4 is 5.73 Å². The van der Waals surface area contributed by atoms with Gasteiger partial charge in [0.05, 0.1) is 18.2 Å². The van der Waals surface area contributed by atoms with E-state index in [-0.39, 0.29) is 5.84 Å². The maximum absolute atomic E-state index is 8.48. The zero-order chi connectivity index (χ0) is 11.4. The lowest BCUT2D eigenvalue weighted by Gasteiger charge is -2.21. The fourth-order valence-corrected chi connectivity index (χ4v) is 2.24. The Morgan fingerprint density at radius 2 is 2.25 bits per heavy atom. The quantitative estimate of drug-likeness (QED) is 0.353. The van der Waals surface area contributed by atoms with Gasteiger partial charge in [0.1, 0.15) is 5.84 Å². The third-order valence-corrected chi connectivity index (χ3v) is 3.10. The lowest BCUT2D eigenvalue weighted by Crippen LogP contribution is -2.16. The summed E-state index contributed by atoms with van der Waals surface area (Å²) in [6.45, 7) is 0. The van der Waals surface area contributed by atoms with Crippen LogP contribution in [0.4, 0.5) is 0 Å². The van der Waals surface area contributed by atoms with Crippen LogP contribution in [0, 0.1) is 0 Å². The van der Waals surface area contributed by atoms with Gasteiger partial charge < -0.3 is 10.9 Å². The first-order valence-corrected chi connectivity index (χ1v) is 5.80. The molecule has 0 spiro atoms. The topological polar surface area (TPSA) is 76.4 Å². The van der Waals surface area contributed by atoms with Gasteiger partial charge in [-0.2, -0.15) is 5.10 Å². The van der Waals surface area contributed by atoms with Crippen LogP contribution in [0.2, 0.25) is 0 Å². The van der Waals surface area contributed by atoms with E-state index >= 15 is 0 Å². The Morgan fingerprint density at radius 3 is 2.94 bits per heavy atom. The van der Waals surface area contributed by atoms with Crippen LogP contribution in [0.1, 0.15) is 43.8 Å². The molecule has 0 bridgehead atoms. The van der Waals surface area contributed by atoms with Crippen molar-refractivity contribution in [3.05, 3.63) is 18.0 Å². The minimum atomic E-state index is 0.203. The SMILES string of the molecule is NC(Cc1ccn(C2CCCCC2)n1)=NO. The van der Waals surface area contributed by atoms with Crippen molar-refractivity contribution in [2.24, 2.45) is 10.9 Å². The van der Waals surface area contributed by atoms with Crippen LogP contribution in [0.5, 0.6) is 0 Å². The largest absolute Gasteiger partial charge is 0.409 e. The van der Waals surface area contributed by atoms with Crippen LogP contribution in [0.25, 0.3) is 0 Å². The van der Waals surface area contributed by atoms with E-state index < -0.39 is 0 Å². The van der Waals surface area contributed by atoms with Gasteiger partial charge >= 0.3 is 0 Å². The lowest BCUT2D eigenvalue weighted by molar-refractivity contribution is 0.317. The van der Waals surface area contributed by atoms with Gasteiger partial charge in [-0.1, -0.05) is 24.4 Å². The van der Waals surface area contributed by atoms with Gasteiger partial charge in [0.15, 0.2) is 0 Å². The fraction of sp³-hybridized carbons (Fsp3) is 0.636. The molecule has 0 radical (unpaired) electrons. The van der Waals surface area contributed by atoms with Crippen molar-refractivity contribution in [3.8, 4) is 0 Å². The number of nitrogens with zero attached hydrogens (tertiary/aromatic N) is 3. The van der Waals surface area contributed by atoms with Crippen LogP contribution in [0.15, 0.2) is 17.4 Å². The monoisotopic (exact) mass is 222 g/mol. The molecule has 1 aromatic heterocycles. The van der Waals surface area contributed by atoms with E-state index in [1.165, 1.54) is 32.1 Å². The van der Waals surface area contributed by atoms with Gasteiger partial charge in [-0.25, -0.2) is 0 Å². The highest BCUT2D eigenvalue weighted by atomic mass is 16.4. The molecule has 2 rings (SSSR count). The van der Waals surface area contributed by atoms with Crippen LogP contribution in [-0.2, 0) is 6.42 Å². The average Bonchev–Trinajstić information content (AvgIpc) is 2.78. The molecule has 0 amide bonds. The van der Waals surface area contributed by atoms with Crippen molar-refractivity contribution in [2.45, 2.75) is 44.6 Å². The molecule has 1 heterocycles. The van der Waals surface area contributed by atoms with Crippen molar-refractivity contribution >= 4 is 5.84 Å². The maximum Gasteiger partial charge on any atom is 0.145 e. The molecule has 1 fully saturated rings. The third kappa shape index (κ3) is 2.53. The standard InChI is InChI=1S/C11H18N4O/c12-11(14-16)8-9-6-7-15(13-9)10-4-2-1-3-5-10/h6-7,10,16H,1-5,8H2,(H2,12,14). The maximum atomic E-state index is 8.48. The number of nitrogens with two attached hydrogens (primary N) is 1. The van der Waals surface area contributed by atoms with Crippen molar-refractivity contribution in [1.82, 2.24) is 9.78 Å². The predicted octanol–water partition coefficient (Wildman–Crippen LogP) is 1.68. The summed E-state index contributed by atoms with van der Waals surface area (Å²) in [5, 5.41) is 15.9. The molecule has 0 saturated heterocycles. The molecular formula is C11H18N4O. The van der Waals surface area contributed by atoms with Crippen molar-refractivity contribution < 1.29 is 5.21 Å². The molecule has 1 aliphatic rings. The van der Waals surface area contributed by atoms with E-state index in [0.29, 0.717) is 12.5 Å². The predicted molar refractivity (Wildman–Crippen MR) is 61.5 cm³/mol. The molecule has 0 aliphatic heterocycles. The Kier molecular flexibility index (Phi) is 3.44. The number of oxime groups is 1. The third-order valence-electron chi connectivity index (χ3n) is 3.10. The Hall–Kier alpha value is -1.52. The zero-order valence-electron chi connectivity index (χ0n) is 9.34. The molecule has 16 heavy (non-hydrogen) atoms. The van der Waals surface area contributed by atoms with Gasteiger partial charge in [-0.3, -0.25) is 4.68 Å². The van der Waals surface area contributed by atoms with Gasteiger partial charge in [-0.15, -0.1) is 0 Å². The van der Waals surface area contributed by atoms with Crippen LogP contribution in [0.3, 0.4) is 0 Å². The van der Waals surface area contributed by atoms with E-state index in [0.717, 1.165) is 5.69 Å². The van der Waals surface area contributed by atoms with E-state index in [2.05, 4.69) is 10.3 Å². The summed E-state index contributed by atoms with van der Waals surface area (Å²) in [7, 11) is 0. The first kappa shape index (κ1) is 11.0. The number of rotatable bonds is 3. The van der Waals surface area contributed by atoms with Gasteiger partial charge in [0.2, 0.25) is 0 Å². The van der Waals surface area contributed by atoms with E-state index in [1.54, 1.807) is 0 Å². The average molecular weight is 222 g/mol. The molecule has 1 aliphatic carbocycles. The molecular weight excluding hydrogens is 204 g/mol. The van der Waals surface area contributed by atoms with Crippen molar-refractivity contribution in [1.29, 1.82) is 0 Å². The minimum absolute atomic E-state index is 0.203. The molecule has 3 N–H and O–H groups in total. The Bertz CT molecular complexity index is 366. The van der Waals surface area contributed by atoms with Crippen LogP contribution in [-0.4, -0.2) is 20.8 Å². The Labute approximate surface area is 94.9 Å². The fourth-order valence-electron chi connectivity index (χ4n) is 2.24. The number of amidine groups is 1. The van der Waals surface area contributed by atoms with Gasteiger partial charge in [0.25, 0.3) is 0 Å². The number of hydrogen-bond donors (Lipinski definition) is 2. The Morgan fingerprint density at radius 1 is 1.50 bits per heavy atom. The molecule has 0 aromatic carbocycles. The van der Waals surface area contributed by atoms with E-state index in [1.807, 2.05) is 16.9 Å². The van der Waals surface area contributed by atoms with E-state index in [4.69, 9.17) is 10.9 Å². The smallest absolute Gasteiger partial charge is 0.145 e. The minimum Gasteiger partial charge on any atom is -0.409 e. The van der Waals surface area contributed by atoms with Gasteiger partial charge in [0, 0.05) is 6.20 Å². The summed E-state index contributed by atoms with van der Waals surface area (Å²) in [6.07, 6.45) is 8.76. The van der Waals surface area contributed by atoms with Crippen molar-refractivity contribution in [3.63, 3.8) is 0 Å². The Balaban J connectivity index is 2.01. The normalized spacial score (nSPS) is 18.9. The molecule has 5 heteroatoms. The highest BCUT2D eigenvalue weighted by Gasteiger charge is 2.16. The first-order valence-electron chi connectivity index (χ1n) is 5.80. The highest BCUT2D eigenvalue weighted by molar-refractivity contribution is 5.81. The zero-order valence-corrected chi connectivity index (χ0v) is 9.34. The highest BCUT2D eigenvalue weighted by Crippen LogP contribution is 2.27. The molecule has 1 aromatic rings. The second-order valence-electron chi connectivity index (χ2n) is 4.35. The second-order valence-corrected chi connectivity index (χ2v) is 4.35. The first-order chi connectivity index (χ1) is 7.79. The molecule has 0 unspecified atom stereocenters. The number of aromatic nitrogens is 2. The van der Waals surface area contributed by atoms with Crippen molar-refractivity contribution in [2.75, 3.05) is 0 Å². The summed E-state index contributed by atoms with van der Waals surface area (Å²) in [4.78, 5) is 0. The molecule has 1 saturated carbocycles. The van der Waals surface area contributed by atoms with Crippen LogP contribution >= 0.6 is 0 Å². The summed E-state index contributed by atoms with van der Waals surface area (Å²) < 4.78 is 2.03. The van der Waals surface area contributed by atoms with Gasteiger partial charge in [-0.05, 0) is 18.9 Å². The summed E-state index contributed by atoms with van der Waals surface area (Å²) in [5.74, 6) is 0.203. The molecule has 0 atom stereocenters. The summed E-state index contributed by atoms with van der Waals surface area (Å²) in [5.41, 5.74) is 6.31. The number of hydrogen-bond acceptors (Lipinski definition) is 3. The second kappa shape index (κ2) is 5.01. The lowest BCUT2D eigenvalue weighted by atomic mass is 9.96.